The average molecular weight is 301 g/mol. The van der Waals surface area contributed by atoms with E-state index >= 15 is 0 Å². The molecule has 0 spiro atoms. The lowest BCUT2D eigenvalue weighted by atomic mass is 10.0. The largest absolute Gasteiger partial charge is 0.480 e. The number of hydrogen-bond donors (Lipinski definition) is 1. The number of carbonyl (C=O) groups is 2. The zero-order valence-electron chi connectivity index (χ0n) is 11.3. The number of hydrogen-bond acceptors (Lipinski definition) is 4. The molecule has 1 atom stereocenters. The number of piperidine rings is 1. The van der Waals surface area contributed by atoms with Gasteiger partial charge in [-0.15, -0.1) is 0 Å². The number of rotatable bonds is 4. The van der Waals surface area contributed by atoms with Crippen LogP contribution in [-0.4, -0.2) is 39.6 Å². The Labute approximate surface area is 121 Å². The van der Waals surface area contributed by atoms with E-state index in [-0.39, 0.29) is 17.5 Å². The normalized spacial score (nSPS) is 19.1. The van der Waals surface area contributed by atoms with Crippen molar-refractivity contribution in [1.29, 1.82) is 0 Å². The monoisotopic (exact) mass is 300 g/mol. The first-order valence-electron chi connectivity index (χ1n) is 6.63. The molecule has 0 aliphatic carbocycles. The molecule has 1 aromatic rings. The Morgan fingerprint density at radius 2 is 2.25 bits per heavy atom. The second-order valence-electron chi connectivity index (χ2n) is 4.96. The van der Waals surface area contributed by atoms with Gasteiger partial charge < -0.3 is 14.5 Å². The van der Waals surface area contributed by atoms with Crippen LogP contribution in [0.15, 0.2) is 4.52 Å². The van der Waals surface area contributed by atoms with Gasteiger partial charge in [-0.3, -0.25) is 4.79 Å². The maximum absolute atomic E-state index is 12.2. The zero-order valence-corrected chi connectivity index (χ0v) is 12.0. The Balaban J connectivity index is 1.98. The number of aryl methyl sites for hydroxylation is 1. The van der Waals surface area contributed by atoms with E-state index in [1.807, 2.05) is 0 Å². The van der Waals surface area contributed by atoms with Crippen molar-refractivity contribution in [2.24, 2.45) is 0 Å². The molecular formula is C13H17ClN2O4. The number of halogens is 1. The molecule has 0 aromatic carbocycles. The highest BCUT2D eigenvalue weighted by Crippen LogP contribution is 2.23. The van der Waals surface area contributed by atoms with Crippen molar-refractivity contribution in [3.63, 3.8) is 0 Å². The molecule has 1 amide bonds. The van der Waals surface area contributed by atoms with Gasteiger partial charge in [0.05, 0.1) is 5.69 Å². The van der Waals surface area contributed by atoms with Crippen molar-refractivity contribution in [2.45, 2.75) is 45.1 Å². The van der Waals surface area contributed by atoms with E-state index in [1.54, 1.807) is 6.92 Å². The molecule has 1 fully saturated rings. The molecule has 1 aliphatic rings. The first kappa shape index (κ1) is 14.8. The van der Waals surface area contributed by atoms with Crippen LogP contribution in [0.3, 0.4) is 0 Å². The summed E-state index contributed by atoms with van der Waals surface area (Å²) in [5.74, 6) is -1.09. The highest BCUT2D eigenvalue weighted by Gasteiger charge is 2.31. The maximum atomic E-state index is 12.2. The maximum Gasteiger partial charge on any atom is 0.326 e. The van der Waals surface area contributed by atoms with Gasteiger partial charge in [0, 0.05) is 18.5 Å². The van der Waals surface area contributed by atoms with Crippen LogP contribution >= 0.6 is 11.6 Å². The third-order valence-electron chi connectivity index (χ3n) is 3.63. The first-order chi connectivity index (χ1) is 9.50. The number of carbonyl (C=O) groups excluding carboxylic acids is 1. The molecule has 110 valence electrons. The van der Waals surface area contributed by atoms with Gasteiger partial charge in [-0.05, 0) is 44.2 Å². The predicted octanol–water partition coefficient (Wildman–Crippen LogP) is 2.03. The Hall–Kier alpha value is -1.56. The van der Waals surface area contributed by atoms with Crippen molar-refractivity contribution < 1.29 is 19.2 Å². The predicted molar refractivity (Wildman–Crippen MR) is 71.6 cm³/mol. The molecule has 1 unspecified atom stereocenters. The van der Waals surface area contributed by atoms with Crippen molar-refractivity contribution >= 4 is 23.5 Å². The number of likely N-dealkylation sites (tertiary alicyclic amines) is 1. The molecule has 1 aliphatic heterocycles. The molecule has 0 saturated carbocycles. The topological polar surface area (TPSA) is 83.6 Å². The third kappa shape index (κ3) is 3.12. The Bertz CT molecular complexity index is 495. The Morgan fingerprint density at radius 1 is 1.50 bits per heavy atom. The molecule has 1 aromatic heterocycles. The van der Waals surface area contributed by atoms with E-state index in [4.69, 9.17) is 21.2 Å². The summed E-state index contributed by atoms with van der Waals surface area (Å²) in [6.45, 7) is 2.27. The smallest absolute Gasteiger partial charge is 0.326 e. The SMILES string of the molecule is Cc1noc(Cl)c1CCC(=O)N1CCCCC1C(=O)O. The molecule has 20 heavy (non-hydrogen) atoms. The molecule has 1 saturated heterocycles. The lowest BCUT2D eigenvalue weighted by Crippen LogP contribution is -2.48. The second kappa shape index (κ2) is 6.26. The van der Waals surface area contributed by atoms with Gasteiger partial charge in [0.2, 0.25) is 11.1 Å². The number of carboxylic acid groups (broad SMARTS) is 1. The van der Waals surface area contributed by atoms with Crippen LogP contribution in [0.1, 0.15) is 36.9 Å². The molecule has 2 rings (SSSR count). The van der Waals surface area contributed by atoms with Gasteiger partial charge in [-0.25, -0.2) is 4.79 Å². The molecule has 2 heterocycles. The lowest BCUT2D eigenvalue weighted by molar-refractivity contribution is -0.152. The Morgan fingerprint density at radius 3 is 2.85 bits per heavy atom. The van der Waals surface area contributed by atoms with E-state index in [2.05, 4.69) is 5.16 Å². The summed E-state index contributed by atoms with van der Waals surface area (Å²) in [6.07, 6.45) is 2.84. The van der Waals surface area contributed by atoms with Crippen molar-refractivity contribution in [1.82, 2.24) is 10.1 Å². The van der Waals surface area contributed by atoms with E-state index < -0.39 is 12.0 Å². The van der Waals surface area contributed by atoms with Crippen molar-refractivity contribution in [2.75, 3.05) is 6.54 Å². The van der Waals surface area contributed by atoms with Crippen LogP contribution in [0.5, 0.6) is 0 Å². The van der Waals surface area contributed by atoms with E-state index in [1.165, 1.54) is 4.90 Å². The highest BCUT2D eigenvalue weighted by atomic mass is 35.5. The summed E-state index contributed by atoms with van der Waals surface area (Å²) in [4.78, 5) is 24.8. The molecule has 0 bridgehead atoms. The Kier molecular flexibility index (Phi) is 4.65. The fourth-order valence-corrected chi connectivity index (χ4v) is 2.77. The molecule has 7 heteroatoms. The summed E-state index contributed by atoms with van der Waals surface area (Å²) in [7, 11) is 0. The fourth-order valence-electron chi connectivity index (χ4n) is 2.50. The number of carboxylic acids is 1. The van der Waals surface area contributed by atoms with Crippen molar-refractivity contribution in [3.05, 3.63) is 16.5 Å². The minimum atomic E-state index is -0.933. The summed E-state index contributed by atoms with van der Waals surface area (Å²) < 4.78 is 4.83. The summed E-state index contributed by atoms with van der Waals surface area (Å²) in [5.41, 5.74) is 1.38. The van der Waals surface area contributed by atoms with Gasteiger partial charge in [0.1, 0.15) is 6.04 Å². The van der Waals surface area contributed by atoms with Crippen LogP contribution < -0.4 is 0 Å². The van der Waals surface area contributed by atoms with Gasteiger partial charge in [0.25, 0.3) is 0 Å². The lowest BCUT2D eigenvalue weighted by Gasteiger charge is -2.33. The minimum absolute atomic E-state index is 0.159. The highest BCUT2D eigenvalue weighted by molar-refractivity contribution is 6.29. The van der Waals surface area contributed by atoms with Crippen LogP contribution in [-0.2, 0) is 16.0 Å². The van der Waals surface area contributed by atoms with Gasteiger partial charge in [-0.1, -0.05) is 5.16 Å². The number of aromatic nitrogens is 1. The van der Waals surface area contributed by atoms with Gasteiger partial charge in [0.15, 0.2) is 0 Å². The van der Waals surface area contributed by atoms with Gasteiger partial charge >= 0.3 is 5.97 Å². The fraction of sp³-hybridized carbons (Fsp3) is 0.615. The van der Waals surface area contributed by atoms with Gasteiger partial charge in [-0.2, -0.15) is 0 Å². The molecule has 1 N–H and O–H groups in total. The summed E-state index contributed by atoms with van der Waals surface area (Å²) >= 11 is 5.85. The minimum Gasteiger partial charge on any atom is -0.480 e. The number of nitrogens with zero attached hydrogens (tertiary/aromatic N) is 2. The number of amides is 1. The van der Waals surface area contributed by atoms with Crippen LogP contribution in [0.25, 0.3) is 0 Å². The molecule has 6 nitrogen and oxygen atoms in total. The zero-order chi connectivity index (χ0) is 14.7. The van der Waals surface area contributed by atoms with E-state index in [0.29, 0.717) is 30.6 Å². The molecule has 0 radical (unpaired) electrons. The standard InChI is InChI=1S/C13H17ClN2O4/c1-8-9(12(14)20-15-8)5-6-11(17)16-7-3-2-4-10(16)13(18)19/h10H,2-7H2,1H3,(H,18,19). The average Bonchev–Trinajstić information content (AvgIpc) is 2.75. The number of aliphatic carboxylic acids is 1. The van der Waals surface area contributed by atoms with Crippen molar-refractivity contribution in [3.8, 4) is 0 Å². The second-order valence-corrected chi connectivity index (χ2v) is 5.30. The molecular weight excluding hydrogens is 284 g/mol. The quantitative estimate of drug-likeness (QED) is 0.920. The van der Waals surface area contributed by atoms with E-state index in [9.17, 15) is 9.59 Å². The van der Waals surface area contributed by atoms with E-state index in [0.717, 1.165) is 12.8 Å². The van der Waals surface area contributed by atoms with Crippen LogP contribution in [0.2, 0.25) is 5.22 Å². The first-order valence-corrected chi connectivity index (χ1v) is 7.01. The summed E-state index contributed by atoms with van der Waals surface area (Å²) in [6, 6.07) is -0.699. The summed E-state index contributed by atoms with van der Waals surface area (Å²) in [5, 5.41) is 13.1. The van der Waals surface area contributed by atoms with Crippen LogP contribution in [0, 0.1) is 6.92 Å². The third-order valence-corrected chi connectivity index (χ3v) is 3.93. The van der Waals surface area contributed by atoms with Crippen LogP contribution in [0.4, 0.5) is 0 Å².